The zero-order valence-electron chi connectivity index (χ0n) is 9.76. The Morgan fingerprint density at radius 1 is 1.28 bits per heavy atom. The van der Waals surface area contributed by atoms with Crippen LogP contribution < -0.4 is 0 Å². The van der Waals surface area contributed by atoms with Crippen LogP contribution in [-0.4, -0.2) is 22.5 Å². The average Bonchev–Trinajstić information content (AvgIpc) is 2.40. The van der Waals surface area contributed by atoms with Crippen LogP contribution in [0.2, 0.25) is 5.15 Å². The molecule has 0 aliphatic heterocycles. The lowest BCUT2D eigenvalue weighted by atomic mass is 10.1. The van der Waals surface area contributed by atoms with Gasteiger partial charge in [-0.3, -0.25) is 4.98 Å². The van der Waals surface area contributed by atoms with E-state index >= 15 is 0 Å². The first-order chi connectivity index (χ1) is 8.70. The molecule has 0 amide bonds. The van der Waals surface area contributed by atoms with Gasteiger partial charge < -0.3 is 4.74 Å². The first kappa shape index (κ1) is 12.5. The molecule has 0 aliphatic rings. The van der Waals surface area contributed by atoms with Crippen molar-refractivity contribution >= 4 is 17.6 Å². The Kier molecular flexibility index (Phi) is 3.89. The topological polar surface area (TPSA) is 52.1 Å². The number of hydrogen-bond donors (Lipinski definition) is 0. The molecule has 2 heterocycles. The quantitative estimate of drug-likeness (QED) is 0.630. The molecule has 92 valence electrons. The van der Waals surface area contributed by atoms with Gasteiger partial charge in [-0.1, -0.05) is 11.6 Å². The lowest BCUT2D eigenvalue weighted by Crippen LogP contribution is -2.05. The molecule has 18 heavy (non-hydrogen) atoms. The summed E-state index contributed by atoms with van der Waals surface area (Å²) < 4.78 is 4.92. The summed E-state index contributed by atoms with van der Waals surface area (Å²) in [5.41, 5.74) is 2.06. The molecular weight excluding hydrogens is 252 g/mol. The third-order valence-corrected chi connectivity index (χ3v) is 2.53. The van der Waals surface area contributed by atoms with Crippen LogP contribution in [0.4, 0.5) is 0 Å². The van der Waals surface area contributed by atoms with Crippen LogP contribution in [0.1, 0.15) is 17.3 Å². The van der Waals surface area contributed by atoms with Gasteiger partial charge in [0.25, 0.3) is 0 Å². The standard InChI is InChI=1S/C13H11ClN2O2/c1-2-18-13(17)11-5-10(6-15-7-11)9-3-4-12(14)16-8-9/h3-8H,2H2,1H3. The maximum Gasteiger partial charge on any atom is 0.339 e. The Hall–Kier alpha value is -1.94. The summed E-state index contributed by atoms with van der Waals surface area (Å²) in [6.07, 6.45) is 4.77. The predicted molar refractivity (Wildman–Crippen MR) is 68.4 cm³/mol. The van der Waals surface area contributed by atoms with Gasteiger partial charge >= 0.3 is 5.97 Å². The van der Waals surface area contributed by atoms with Gasteiger partial charge in [-0.25, -0.2) is 9.78 Å². The number of hydrogen-bond acceptors (Lipinski definition) is 4. The second-order valence-corrected chi connectivity index (χ2v) is 3.94. The number of rotatable bonds is 3. The maximum atomic E-state index is 11.6. The Bertz CT molecular complexity index is 555. The molecule has 5 heteroatoms. The molecule has 0 saturated heterocycles. The van der Waals surface area contributed by atoms with Crippen LogP contribution in [0.25, 0.3) is 11.1 Å². The van der Waals surface area contributed by atoms with Crippen molar-refractivity contribution in [2.75, 3.05) is 6.61 Å². The van der Waals surface area contributed by atoms with Crippen molar-refractivity contribution in [3.05, 3.63) is 47.5 Å². The van der Waals surface area contributed by atoms with Crippen molar-refractivity contribution in [3.63, 3.8) is 0 Å². The highest BCUT2D eigenvalue weighted by Gasteiger charge is 2.08. The summed E-state index contributed by atoms with van der Waals surface area (Å²) in [6, 6.07) is 5.23. The number of carbonyl (C=O) groups excluding carboxylic acids is 1. The van der Waals surface area contributed by atoms with E-state index in [1.807, 2.05) is 6.07 Å². The molecule has 0 unspecified atom stereocenters. The van der Waals surface area contributed by atoms with E-state index in [0.29, 0.717) is 17.3 Å². The first-order valence-corrected chi connectivity index (χ1v) is 5.82. The van der Waals surface area contributed by atoms with E-state index in [4.69, 9.17) is 16.3 Å². The highest BCUT2D eigenvalue weighted by atomic mass is 35.5. The SMILES string of the molecule is CCOC(=O)c1cncc(-c2ccc(Cl)nc2)c1. The van der Waals surface area contributed by atoms with E-state index in [9.17, 15) is 4.79 Å². The largest absolute Gasteiger partial charge is 0.462 e. The fourth-order valence-corrected chi connectivity index (χ4v) is 1.58. The van der Waals surface area contributed by atoms with Gasteiger partial charge in [0.2, 0.25) is 0 Å². The Balaban J connectivity index is 2.32. The normalized spacial score (nSPS) is 10.1. The van der Waals surface area contributed by atoms with Crippen LogP contribution in [0, 0.1) is 0 Å². The molecule has 2 rings (SSSR count). The van der Waals surface area contributed by atoms with Gasteiger partial charge in [0, 0.05) is 29.7 Å². The van der Waals surface area contributed by atoms with Crippen LogP contribution in [0.5, 0.6) is 0 Å². The van der Waals surface area contributed by atoms with Gasteiger partial charge in [0.1, 0.15) is 5.15 Å². The number of pyridine rings is 2. The van der Waals surface area contributed by atoms with Crippen molar-refractivity contribution < 1.29 is 9.53 Å². The number of carbonyl (C=O) groups is 1. The zero-order chi connectivity index (χ0) is 13.0. The zero-order valence-corrected chi connectivity index (χ0v) is 10.5. The number of nitrogens with zero attached hydrogens (tertiary/aromatic N) is 2. The van der Waals surface area contributed by atoms with Crippen molar-refractivity contribution in [1.29, 1.82) is 0 Å². The van der Waals surface area contributed by atoms with Crippen molar-refractivity contribution in [1.82, 2.24) is 9.97 Å². The van der Waals surface area contributed by atoms with E-state index in [-0.39, 0.29) is 5.97 Å². The molecule has 0 atom stereocenters. The molecule has 0 spiro atoms. The highest BCUT2D eigenvalue weighted by molar-refractivity contribution is 6.29. The second-order valence-electron chi connectivity index (χ2n) is 3.55. The minimum absolute atomic E-state index is 0.339. The van der Waals surface area contributed by atoms with Crippen molar-refractivity contribution in [3.8, 4) is 11.1 Å². The summed E-state index contributed by atoms with van der Waals surface area (Å²) in [5, 5.41) is 0.424. The molecule has 0 N–H and O–H groups in total. The van der Waals surface area contributed by atoms with Crippen molar-refractivity contribution in [2.45, 2.75) is 6.92 Å². The minimum Gasteiger partial charge on any atom is -0.462 e. The van der Waals surface area contributed by atoms with E-state index in [2.05, 4.69) is 9.97 Å². The van der Waals surface area contributed by atoms with Crippen LogP contribution >= 0.6 is 11.6 Å². The van der Waals surface area contributed by atoms with Gasteiger partial charge in [0.15, 0.2) is 0 Å². The molecule has 0 bridgehead atoms. The molecule has 0 saturated carbocycles. The van der Waals surface area contributed by atoms with Crippen LogP contribution in [0.3, 0.4) is 0 Å². The highest BCUT2D eigenvalue weighted by Crippen LogP contribution is 2.20. The Labute approximate surface area is 110 Å². The second kappa shape index (κ2) is 5.60. The molecule has 0 fully saturated rings. The smallest absolute Gasteiger partial charge is 0.339 e. The Morgan fingerprint density at radius 2 is 2.11 bits per heavy atom. The molecule has 2 aromatic rings. The summed E-state index contributed by atoms with van der Waals surface area (Å²) in [6.45, 7) is 2.10. The molecule has 4 nitrogen and oxygen atoms in total. The van der Waals surface area contributed by atoms with Crippen molar-refractivity contribution in [2.24, 2.45) is 0 Å². The monoisotopic (exact) mass is 262 g/mol. The van der Waals surface area contributed by atoms with Gasteiger partial charge in [0.05, 0.1) is 12.2 Å². The minimum atomic E-state index is -0.381. The lowest BCUT2D eigenvalue weighted by Gasteiger charge is -2.04. The van der Waals surface area contributed by atoms with E-state index in [1.54, 1.807) is 31.5 Å². The number of esters is 1. The van der Waals surface area contributed by atoms with E-state index in [1.165, 1.54) is 6.20 Å². The first-order valence-electron chi connectivity index (χ1n) is 5.45. The van der Waals surface area contributed by atoms with Crippen LogP contribution in [0.15, 0.2) is 36.8 Å². The van der Waals surface area contributed by atoms with Gasteiger partial charge in [-0.05, 0) is 25.1 Å². The summed E-state index contributed by atoms with van der Waals surface area (Å²) in [7, 11) is 0. The fraction of sp³-hybridized carbons (Fsp3) is 0.154. The summed E-state index contributed by atoms with van der Waals surface area (Å²) in [4.78, 5) is 19.6. The van der Waals surface area contributed by atoms with E-state index in [0.717, 1.165) is 11.1 Å². The predicted octanol–water partition coefficient (Wildman–Crippen LogP) is 2.97. The third-order valence-electron chi connectivity index (χ3n) is 2.31. The molecular formula is C13H11ClN2O2. The molecule has 0 aliphatic carbocycles. The summed E-state index contributed by atoms with van der Waals surface area (Å²) >= 11 is 5.72. The molecule has 2 aromatic heterocycles. The number of ether oxygens (including phenoxy) is 1. The average molecular weight is 263 g/mol. The van der Waals surface area contributed by atoms with Gasteiger partial charge in [-0.15, -0.1) is 0 Å². The Morgan fingerprint density at radius 3 is 2.78 bits per heavy atom. The molecule has 0 radical (unpaired) electrons. The molecule has 0 aromatic carbocycles. The maximum absolute atomic E-state index is 11.6. The van der Waals surface area contributed by atoms with E-state index < -0.39 is 0 Å². The lowest BCUT2D eigenvalue weighted by molar-refractivity contribution is 0.0526. The van der Waals surface area contributed by atoms with Crippen LogP contribution in [-0.2, 0) is 4.74 Å². The summed E-state index contributed by atoms with van der Waals surface area (Å²) in [5.74, 6) is -0.381. The third kappa shape index (κ3) is 2.84. The number of halogens is 1. The van der Waals surface area contributed by atoms with Gasteiger partial charge in [-0.2, -0.15) is 0 Å². The number of aromatic nitrogens is 2. The fourth-order valence-electron chi connectivity index (χ4n) is 1.47.